The first-order valence-electron chi connectivity index (χ1n) is 7.78. The molecule has 1 aromatic heterocycles. The highest BCUT2D eigenvalue weighted by molar-refractivity contribution is 5.85. The van der Waals surface area contributed by atoms with Crippen molar-refractivity contribution in [1.29, 1.82) is 0 Å². The highest BCUT2D eigenvalue weighted by Crippen LogP contribution is 2.23. The number of nitrogens with one attached hydrogen (secondary N) is 1. The quantitative estimate of drug-likeness (QED) is 0.863. The number of amides is 1. The fourth-order valence-electron chi connectivity index (χ4n) is 3.28. The van der Waals surface area contributed by atoms with E-state index in [1.165, 1.54) is 0 Å². The second kappa shape index (κ2) is 6.39. The molecule has 0 spiro atoms. The summed E-state index contributed by atoms with van der Waals surface area (Å²) in [7, 11) is 0. The van der Waals surface area contributed by atoms with Crippen LogP contribution in [0.1, 0.15) is 38.5 Å². The topological polar surface area (TPSA) is 78.4 Å². The smallest absolute Gasteiger partial charge is 0.243 e. The maximum Gasteiger partial charge on any atom is 0.243 e. The molecule has 1 aliphatic heterocycles. The fourth-order valence-corrected chi connectivity index (χ4v) is 3.28. The van der Waals surface area contributed by atoms with Crippen molar-refractivity contribution in [3.8, 4) is 0 Å². The van der Waals surface area contributed by atoms with Crippen molar-refractivity contribution in [1.82, 2.24) is 15.3 Å². The van der Waals surface area contributed by atoms with Crippen LogP contribution in [0.25, 0.3) is 0 Å². The Labute approximate surface area is 124 Å². The molecule has 3 atom stereocenters. The number of aromatic nitrogens is 2. The van der Waals surface area contributed by atoms with Crippen molar-refractivity contribution in [2.24, 2.45) is 0 Å². The number of hydrogen-bond donors (Lipinski definition) is 2. The van der Waals surface area contributed by atoms with Gasteiger partial charge in [0.1, 0.15) is 6.04 Å². The summed E-state index contributed by atoms with van der Waals surface area (Å²) in [5.74, 6) is 0.602. The van der Waals surface area contributed by atoms with Gasteiger partial charge in [-0.2, -0.15) is 0 Å². The van der Waals surface area contributed by atoms with Gasteiger partial charge in [-0.3, -0.25) is 4.79 Å². The molecule has 1 saturated heterocycles. The molecule has 6 heteroatoms. The Morgan fingerprint density at radius 3 is 2.71 bits per heavy atom. The van der Waals surface area contributed by atoms with Crippen molar-refractivity contribution < 1.29 is 9.90 Å². The van der Waals surface area contributed by atoms with Gasteiger partial charge in [0, 0.05) is 18.9 Å². The lowest BCUT2D eigenvalue weighted by molar-refractivity contribution is -0.124. The first kappa shape index (κ1) is 14.3. The molecule has 6 nitrogen and oxygen atoms in total. The van der Waals surface area contributed by atoms with Gasteiger partial charge in [-0.25, -0.2) is 9.97 Å². The van der Waals surface area contributed by atoms with Gasteiger partial charge in [0.25, 0.3) is 0 Å². The molecule has 2 heterocycles. The summed E-state index contributed by atoms with van der Waals surface area (Å²) in [6.07, 6.45) is 8.50. The zero-order chi connectivity index (χ0) is 14.7. The Balaban J connectivity index is 1.66. The lowest BCUT2D eigenvalue weighted by Crippen LogP contribution is -2.51. The summed E-state index contributed by atoms with van der Waals surface area (Å²) >= 11 is 0. The number of nitrogens with zero attached hydrogens (tertiary/aromatic N) is 3. The van der Waals surface area contributed by atoms with Crippen molar-refractivity contribution in [2.75, 3.05) is 11.4 Å². The third-order valence-corrected chi connectivity index (χ3v) is 4.42. The molecule has 1 amide bonds. The standard InChI is InChI=1S/C15H22N4O2/c20-13-7-2-1-5-11(13)18-14(21)12-6-3-10-19(12)15-16-8-4-9-17-15/h4,8-9,11-13,20H,1-3,5-7,10H2,(H,18,21)/t11-,12?,13-/m1/s1. The number of anilines is 1. The van der Waals surface area contributed by atoms with E-state index in [9.17, 15) is 9.90 Å². The molecular formula is C15H22N4O2. The molecule has 2 fully saturated rings. The van der Waals surface area contributed by atoms with Crippen LogP contribution < -0.4 is 10.2 Å². The normalized spacial score (nSPS) is 29.4. The molecule has 21 heavy (non-hydrogen) atoms. The van der Waals surface area contributed by atoms with E-state index < -0.39 is 6.10 Å². The first-order chi connectivity index (χ1) is 10.3. The van der Waals surface area contributed by atoms with Crippen LogP contribution in [-0.4, -0.2) is 45.7 Å². The molecule has 0 aromatic carbocycles. The monoisotopic (exact) mass is 290 g/mol. The van der Waals surface area contributed by atoms with Crippen molar-refractivity contribution in [3.05, 3.63) is 18.5 Å². The van der Waals surface area contributed by atoms with E-state index in [0.29, 0.717) is 5.95 Å². The third kappa shape index (κ3) is 3.15. The summed E-state index contributed by atoms with van der Waals surface area (Å²) in [6.45, 7) is 0.801. The Bertz CT molecular complexity index is 482. The van der Waals surface area contributed by atoms with Gasteiger partial charge in [0.15, 0.2) is 0 Å². The van der Waals surface area contributed by atoms with Crippen molar-refractivity contribution in [2.45, 2.75) is 56.7 Å². The van der Waals surface area contributed by atoms with Crippen LogP contribution in [0, 0.1) is 0 Å². The van der Waals surface area contributed by atoms with E-state index in [2.05, 4.69) is 15.3 Å². The Morgan fingerprint density at radius 1 is 1.19 bits per heavy atom. The number of aliphatic hydroxyl groups excluding tert-OH is 1. The van der Waals surface area contributed by atoms with Gasteiger partial charge >= 0.3 is 0 Å². The van der Waals surface area contributed by atoms with Crippen molar-refractivity contribution >= 4 is 11.9 Å². The van der Waals surface area contributed by atoms with Crippen LogP contribution in [0.2, 0.25) is 0 Å². The largest absolute Gasteiger partial charge is 0.391 e. The molecule has 2 aliphatic rings. The molecule has 3 rings (SSSR count). The maximum absolute atomic E-state index is 12.5. The molecule has 1 aromatic rings. The summed E-state index contributed by atoms with van der Waals surface area (Å²) in [5.41, 5.74) is 0. The second-order valence-electron chi connectivity index (χ2n) is 5.87. The number of aliphatic hydroxyl groups is 1. The Hall–Kier alpha value is -1.69. The second-order valence-corrected chi connectivity index (χ2v) is 5.87. The minimum Gasteiger partial charge on any atom is -0.391 e. The van der Waals surface area contributed by atoms with E-state index in [1.54, 1.807) is 18.5 Å². The fraction of sp³-hybridized carbons (Fsp3) is 0.667. The third-order valence-electron chi connectivity index (χ3n) is 4.42. The zero-order valence-electron chi connectivity index (χ0n) is 12.1. The lowest BCUT2D eigenvalue weighted by Gasteiger charge is -2.31. The van der Waals surface area contributed by atoms with Gasteiger partial charge in [-0.05, 0) is 31.7 Å². The number of hydrogen-bond acceptors (Lipinski definition) is 5. The van der Waals surface area contributed by atoms with Crippen LogP contribution in [0.5, 0.6) is 0 Å². The number of rotatable bonds is 3. The van der Waals surface area contributed by atoms with Gasteiger partial charge in [0.2, 0.25) is 11.9 Å². The van der Waals surface area contributed by atoms with Gasteiger partial charge in [-0.15, -0.1) is 0 Å². The summed E-state index contributed by atoms with van der Waals surface area (Å²) in [4.78, 5) is 23.0. The molecule has 0 bridgehead atoms. The van der Waals surface area contributed by atoms with Crippen LogP contribution in [0.3, 0.4) is 0 Å². The number of carbonyl (C=O) groups is 1. The molecule has 0 radical (unpaired) electrons. The van der Waals surface area contributed by atoms with Crippen molar-refractivity contribution in [3.63, 3.8) is 0 Å². The van der Waals surface area contributed by atoms with Gasteiger partial charge in [-0.1, -0.05) is 12.8 Å². The average Bonchev–Trinajstić information content (AvgIpc) is 3.00. The van der Waals surface area contributed by atoms with Gasteiger partial charge in [0.05, 0.1) is 12.1 Å². The van der Waals surface area contributed by atoms with E-state index in [4.69, 9.17) is 0 Å². The van der Waals surface area contributed by atoms with Crippen LogP contribution >= 0.6 is 0 Å². The van der Waals surface area contributed by atoms with Gasteiger partial charge < -0.3 is 15.3 Å². The molecular weight excluding hydrogens is 268 g/mol. The average molecular weight is 290 g/mol. The molecule has 1 saturated carbocycles. The van der Waals surface area contributed by atoms with E-state index >= 15 is 0 Å². The Kier molecular flexibility index (Phi) is 4.34. The first-order valence-corrected chi connectivity index (χ1v) is 7.78. The molecule has 1 aliphatic carbocycles. The summed E-state index contributed by atoms with van der Waals surface area (Å²) in [5, 5.41) is 13.0. The minimum atomic E-state index is -0.412. The molecule has 114 valence electrons. The molecule has 1 unspecified atom stereocenters. The van der Waals surface area contributed by atoms with E-state index in [-0.39, 0.29) is 18.0 Å². The highest BCUT2D eigenvalue weighted by Gasteiger charge is 2.34. The maximum atomic E-state index is 12.5. The van der Waals surface area contributed by atoms with Crippen LogP contribution in [0.4, 0.5) is 5.95 Å². The minimum absolute atomic E-state index is 0.00842. The van der Waals surface area contributed by atoms with Crippen LogP contribution in [0.15, 0.2) is 18.5 Å². The summed E-state index contributed by atoms with van der Waals surface area (Å²) in [6, 6.07) is 1.44. The lowest BCUT2D eigenvalue weighted by atomic mass is 9.92. The predicted octanol–water partition coefficient (Wildman–Crippen LogP) is 0.865. The number of carbonyl (C=O) groups excluding carboxylic acids is 1. The molecule has 2 N–H and O–H groups in total. The SMILES string of the molecule is O=C(N[C@@H]1CCCC[C@H]1O)C1CCCN1c1ncccn1. The van der Waals surface area contributed by atoms with E-state index in [0.717, 1.165) is 45.1 Å². The van der Waals surface area contributed by atoms with Crippen LogP contribution in [-0.2, 0) is 4.79 Å². The summed E-state index contributed by atoms with van der Waals surface area (Å²) < 4.78 is 0. The Morgan fingerprint density at radius 2 is 1.95 bits per heavy atom. The zero-order valence-corrected chi connectivity index (χ0v) is 12.1. The predicted molar refractivity (Wildman–Crippen MR) is 78.8 cm³/mol. The van der Waals surface area contributed by atoms with E-state index in [1.807, 2.05) is 4.90 Å². The highest BCUT2D eigenvalue weighted by atomic mass is 16.3.